The third kappa shape index (κ3) is 3.59. The zero-order valence-corrected chi connectivity index (χ0v) is 14.3. The highest BCUT2D eigenvalue weighted by Gasteiger charge is 2.74. The van der Waals surface area contributed by atoms with E-state index in [4.69, 9.17) is 0 Å². The smallest absolute Gasteiger partial charge is 0.366 e. The van der Waals surface area contributed by atoms with Crippen LogP contribution < -0.4 is 0 Å². The van der Waals surface area contributed by atoms with Crippen molar-refractivity contribution in [2.75, 3.05) is 25.1 Å². The fourth-order valence-electron chi connectivity index (χ4n) is 2.16. The maximum Gasteiger partial charge on any atom is 0.433 e. The average Bonchev–Trinajstić information content (AvgIpc) is 2.37. The lowest BCUT2D eigenvalue weighted by Gasteiger charge is -2.52. The monoisotopic (exact) mass is 424 g/mol. The highest BCUT2D eigenvalue weighted by molar-refractivity contribution is 7.89. The fraction of sp³-hybridized carbons (Fsp3) is 1.00. The number of alkyl halides is 6. The largest absolute Gasteiger partial charge is 0.433 e. The molecule has 0 aromatic carbocycles. The van der Waals surface area contributed by atoms with E-state index in [1.807, 2.05) is 0 Å². The number of hydrogen-bond donors (Lipinski definition) is 2. The highest BCUT2D eigenvalue weighted by Crippen LogP contribution is 2.46. The molecule has 2 atom stereocenters. The van der Waals surface area contributed by atoms with Gasteiger partial charge < -0.3 is 10.2 Å². The number of rotatable bonds is 3. The first kappa shape index (κ1) is 22.4. The minimum Gasteiger partial charge on any atom is -0.366 e. The van der Waals surface area contributed by atoms with Crippen molar-refractivity contribution in [3.05, 3.63) is 0 Å². The van der Waals surface area contributed by atoms with E-state index in [2.05, 4.69) is 0 Å². The molecule has 1 saturated heterocycles. The van der Waals surface area contributed by atoms with Crippen LogP contribution in [0.5, 0.6) is 0 Å². The van der Waals surface area contributed by atoms with Gasteiger partial charge in [-0.15, -0.1) is 0 Å². The summed E-state index contributed by atoms with van der Waals surface area (Å²) in [6.07, 6.45) is -11.6. The van der Waals surface area contributed by atoms with Gasteiger partial charge >= 0.3 is 12.4 Å². The molecule has 1 aliphatic heterocycles. The summed E-state index contributed by atoms with van der Waals surface area (Å²) in [5.41, 5.74) is -9.00. The van der Waals surface area contributed by atoms with E-state index < -0.39 is 71.3 Å². The van der Waals surface area contributed by atoms with Crippen LogP contribution in [0.25, 0.3) is 0 Å². The van der Waals surface area contributed by atoms with E-state index in [1.165, 1.54) is 0 Å². The summed E-state index contributed by atoms with van der Waals surface area (Å²) in [4.78, 5) is 0. The molecular weight excluding hydrogens is 410 g/mol. The van der Waals surface area contributed by atoms with E-state index in [0.717, 1.165) is 6.92 Å². The molecule has 0 aromatic heterocycles. The third-order valence-electron chi connectivity index (χ3n) is 3.56. The van der Waals surface area contributed by atoms with Crippen LogP contribution in [0.15, 0.2) is 0 Å². The van der Waals surface area contributed by atoms with Gasteiger partial charge in [0.05, 0.1) is 25.1 Å². The van der Waals surface area contributed by atoms with Crippen molar-refractivity contribution in [1.29, 1.82) is 0 Å². The Morgan fingerprint density at radius 3 is 1.48 bits per heavy atom. The molecule has 16 heteroatoms. The molecule has 1 aliphatic rings. The van der Waals surface area contributed by atoms with Crippen LogP contribution in [-0.2, 0) is 20.0 Å². The number of piperazine rings is 1. The normalized spacial score (nSPS) is 31.3. The fourth-order valence-corrected chi connectivity index (χ4v) is 4.59. The molecule has 1 fully saturated rings. The molecule has 1 rings (SSSR count). The van der Waals surface area contributed by atoms with Crippen molar-refractivity contribution >= 4 is 20.0 Å². The summed E-state index contributed by atoms with van der Waals surface area (Å²) in [6, 6.07) is 0. The van der Waals surface area contributed by atoms with Gasteiger partial charge in [-0.05, 0) is 6.92 Å². The predicted octanol–water partition coefficient (Wildman–Crippen LogP) is -0.585. The minimum absolute atomic E-state index is 0.0739. The second-order valence-corrected chi connectivity index (χ2v) is 9.39. The molecule has 0 radical (unpaired) electrons. The molecule has 0 spiro atoms. The van der Waals surface area contributed by atoms with Crippen molar-refractivity contribution in [1.82, 2.24) is 8.61 Å². The summed E-state index contributed by atoms with van der Waals surface area (Å²) in [6.45, 7) is -4.00. The molecule has 1 heterocycles. The minimum atomic E-state index is -5.86. The summed E-state index contributed by atoms with van der Waals surface area (Å²) in [7, 11) is -10.3. The van der Waals surface area contributed by atoms with Crippen LogP contribution >= 0.6 is 0 Å². The Morgan fingerprint density at radius 2 is 1.20 bits per heavy atom. The average molecular weight is 424 g/mol. The van der Waals surface area contributed by atoms with Crippen molar-refractivity contribution in [3.8, 4) is 0 Å². The Balaban J connectivity index is 3.77. The van der Waals surface area contributed by atoms with Gasteiger partial charge in [-0.1, -0.05) is 0 Å². The number of nitrogens with zero attached hydrogens (tertiary/aromatic N) is 2. The SMILES string of the molecule is CCS(=O)(=O)N1C[C@](O)(C(F)(F)F)N(S(C)(=O)=O)C[C@]1(O)C(F)(F)F. The number of halogens is 6. The summed E-state index contributed by atoms with van der Waals surface area (Å²) in [5, 5.41) is 19.6. The summed E-state index contributed by atoms with van der Waals surface area (Å²) >= 11 is 0. The molecule has 0 amide bonds. The van der Waals surface area contributed by atoms with Gasteiger partial charge in [-0.3, -0.25) is 0 Å². The molecule has 0 aromatic rings. The Bertz CT molecular complexity index is 735. The van der Waals surface area contributed by atoms with Crippen LogP contribution in [0.3, 0.4) is 0 Å². The van der Waals surface area contributed by atoms with Gasteiger partial charge in [0.15, 0.2) is 0 Å². The van der Waals surface area contributed by atoms with Gasteiger partial charge in [-0.2, -0.15) is 35.0 Å². The van der Waals surface area contributed by atoms with Crippen LogP contribution in [0.1, 0.15) is 6.92 Å². The lowest BCUT2D eigenvalue weighted by atomic mass is 10.0. The Hall–Kier alpha value is -0.680. The Kier molecular flexibility index (Phi) is 5.29. The lowest BCUT2D eigenvalue weighted by molar-refractivity contribution is -0.368. The van der Waals surface area contributed by atoms with Gasteiger partial charge in [0.25, 0.3) is 0 Å². The molecule has 150 valence electrons. The molecule has 2 N–H and O–H groups in total. The molecule has 0 saturated carbocycles. The first-order chi connectivity index (χ1) is 10.7. The van der Waals surface area contributed by atoms with Crippen LogP contribution in [0.4, 0.5) is 26.3 Å². The lowest BCUT2D eigenvalue weighted by Crippen LogP contribution is -2.80. The van der Waals surface area contributed by atoms with E-state index in [-0.39, 0.29) is 6.26 Å². The number of β-amino-alcohol motifs (C(OH)–C–C–N with tert-alkyl or cyclic N) is 2. The maximum atomic E-state index is 13.2. The summed E-state index contributed by atoms with van der Waals surface area (Å²) < 4.78 is 124. The molecule has 25 heavy (non-hydrogen) atoms. The quantitative estimate of drug-likeness (QED) is 0.586. The molecule has 0 aliphatic carbocycles. The van der Waals surface area contributed by atoms with E-state index in [1.54, 1.807) is 0 Å². The van der Waals surface area contributed by atoms with E-state index in [9.17, 15) is 53.4 Å². The maximum absolute atomic E-state index is 13.2. The van der Waals surface area contributed by atoms with Gasteiger partial charge in [0.2, 0.25) is 31.5 Å². The predicted molar refractivity (Wildman–Crippen MR) is 69.7 cm³/mol. The zero-order valence-electron chi connectivity index (χ0n) is 12.6. The topological polar surface area (TPSA) is 115 Å². The Labute approximate surface area is 138 Å². The van der Waals surface area contributed by atoms with Crippen molar-refractivity contribution in [2.45, 2.75) is 30.7 Å². The molecule has 0 bridgehead atoms. The summed E-state index contributed by atoms with van der Waals surface area (Å²) in [5.74, 6) is -1.14. The van der Waals surface area contributed by atoms with Crippen LogP contribution in [-0.4, -0.2) is 84.6 Å². The second kappa shape index (κ2) is 5.91. The van der Waals surface area contributed by atoms with Gasteiger partial charge in [0.1, 0.15) is 0 Å². The standard InChI is InChI=1S/C9H14F6N2O6S2/c1-3-25(22,23)17-5-6(18,8(10,11)12)16(24(2,20)21)4-7(17,19)9(13,14)15/h18-19H,3-5H2,1-2H3/t6-,7-/m0/s1. The molecule has 8 nitrogen and oxygen atoms in total. The first-order valence-electron chi connectivity index (χ1n) is 6.30. The third-order valence-corrected chi connectivity index (χ3v) is 6.63. The molecule has 0 unspecified atom stereocenters. The zero-order chi connectivity index (χ0) is 20.3. The highest BCUT2D eigenvalue weighted by atomic mass is 32.2. The van der Waals surface area contributed by atoms with Gasteiger partial charge in [0, 0.05) is 0 Å². The van der Waals surface area contributed by atoms with Crippen LogP contribution in [0.2, 0.25) is 0 Å². The first-order valence-corrected chi connectivity index (χ1v) is 9.76. The molecular formula is C9H14F6N2O6S2. The Morgan fingerprint density at radius 1 is 0.880 bits per heavy atom. The van der Waals surface area contributed by atoms with E-state index >= 15 is 0 Å². The van der Waals surface area contributed by atoms with Crippen molar-refractivity contribution in [2.24, 2.45) is 0 Å². The van der Waals surface area contributed by atoms with Gasteiger partial charge in [-0.25, -0.2) is 16.8 Å². The van der Waals surface area contributed by atoms with Crippen molar-refractivity contribution < 1.29 is 53.4 Å². The number of hydrogen-bond acceptors (Lipinski definition) is 6. The van der Waals surface area contributed by atoms with Crippen molar-refractivity contribution in [3.63, 3.8) is 0 Å². The van der Waals surface area contributed by atoms with Crippen LogP contribution in [0, 0.1) is 0 Å². The number of aliphatic hydroxyl groups is 2. The second-order valence-electron chi connectivity index (χ2n) is 5.31. The number of sulfonamides is 2. The van der Waals surface area contributed by atoms with E-state index in [0.29, 0.717) is 0 Å².